The Labute approximate surface area is 167 Å². The van der Waals surface area contributed by atoms with Gasteiger partial charge in [0.15, 0.2) is 11.5 Å². The molecule has 6 aromatic rings. The van der Waals surface area contributed by atoms with Gasteiger partial charge in [0.25, 0.3) is 0 Å². The smallest absolute Gasteiger partial charge is 0.178 e. The van der Waals surface area contributed by atoms with Crippen LogP contribution in [0.2, 0.25) is 0 Å². The molecule has 29 heavy (non-hydrogen) atoms. The predicted molar refractivity (Wildman–Crippen MR) is 111 cm³/mol. The largest absolute Gasteiger partial charge is 0.335 e. The summed E-state index contributed by atoms with van der Waals surface area (Å²) in [6.07, 6.45) is 8.50. The van der Waals surface area contributed by atoms with Crippen molar-refractivity contribution in [3.63, 3.8) is 0 Å². The molecule has 0 atom stereocenters. The number of thiophene rings is 1. The molecule has 138 valence electrons. The fraction of sp³-hybridized carbons (Fsp3) is 0. The number of hydrogen-bond donors (Lipinski definition) is 2. The average molecular weight is 396 g/mol. The minimum absolute atomic E-state index is 0.657. The summed E-state index contributed by atoms with van der Waals surface area (Å²) in [7, 11) is 0. The molecule has 0 amide bonds. The Morgan fingerprint density at radius 3 is 2.79 bits per heavy atom. The number of rotatable bonds is 3. The van der Waals surface area contributed by atoms with Crippen LogP contribution < -0.4 is 0 Å². The lowest BCUT2D eigenvalue weighted by Crippen LogP contribution is -1.87. The molecule has 0 spiro atoms. The summed E-state index contributed by atoms with van der Waals surface area (Å²) in [5.41, 5.74) is 5.79. The third kappa shape index (κ3) is 2.59. The van der Waals surface area contributed by atoms with Crippen LogP contribution >= 0.6 is 11.3 Å². The summed E-state index contributed by atoms with van der Waals surface area (Å²) in [6.45, 7) is 0. The second-order valence-electron chi connectivity index (χ2n) is 6.43. The first kappa shape index (κ1) is 16.0. The van der Waals surface area contributed by atoms with Crippen LogP contribution in [-0.4, -0.2) is 40.1 Å². The molecule has 0 aliphatic heterocycles. The SMILES string of the molecule is c1csc(-c2ccnc3nc(-c4n[nH]c5cnc(-c6cncnc6)cc45)[nH]c23)c1. The highest BCUT2D eigenvalue weighted by molar-refractivity contribution is 7.13. The Balaban J connectivity index is 1.53. The number of nitrogens with zero attached hydrogens (tertiary/aromatic N) is 6. The number of hydrogen-bond acceptors (Lipinski definition) is 7. The zero-order valence-corrected chi connectivity index (χ0v) is 15.7. The summed E-state index contributed by atoms with van der Waals surface area (Å²) in [6, 6.07) is 8.08. The van der Waals surface area contributed by atoms with E-state index in [-0.39, 0.29) is 0 Å². The van der Waals surface area contributed by atoms with Crippen molar-refractivity contribution in [2.75, 3.05) is 0 Å². The monoisotopic (exact) mass is 396 g/mol. The summed E-state index contributed by atoms with van der Waals surface area (Å²) >= 11 is 1.68. The molecule has 0 saturated carbocycles. The van der Waals surface area contributed by atoms with Gasteiger partial charge >= 0.3 is 0 Å². The lowest BCUT2D eigenvalue weighted by molar-refractivity contribution is 1.10. The molecule has 0 aliphatic carbocycles. The van der Waals surface area contributed by atoms with Gasteiger partial charge in [0.05, 0.1) is 22.9 Å². The van der Waals surface area contributed by atoms with Crippen LogP contribution in [0.15, 0.2) is 60.8 Å². The number of H-pyrrole nitrogens is 2. The van der Waals surface area contributed by atoms with Gasteiger partial charge in [-0.2, -0.15) is 5.10 Å². The molecule has 6 aromatic heterocycles. The minimum atomic E-state index is 0.657. The number of fused-ring (bicyclic) bond motifs is 2. The molecule has 6 rings (SSSR count). The molecule has 6 heterocycles. The zero-order chi connectivity index (χ0) is 19.2. The normalized spacial score (nSPS) is 11.4. The van der Waals surface area contributed by atoms with Crippen LogP contribution in [-0.2, 0) is 0 Å². The Morgan fingerprint density at radius 1 is 1.00 bits per heavy atom. The van der Waals surface area contributed by atoms with Gasteiger partial charge in [0.1, 0.15) is 12.0 Å². The second kappa shape index (κ2) is 6.28. The number of aromatic amines is 2. The highest BCUT2D eigenvalue weighted by Crippen LogP contribution is 2.33. The van der Waals surface area contributed by atoms with Gasteiger partial charge < -0.3 is 4.98 Å². The molecule has 0 aliphatic rings. The van der Waals surface area contributed by atoms with E-state index in [1.54, 1.807) is 36.1 Å². The van der Waals surface area contributed by atoms with Gasteiger partial charge in [-0.05, 0) is 23.6 Å². The average Bonchev–Trinajstić information content (AvgIpc) is 3.52. The third-order valence-corrected chi connectivity index (χ3v) is 5.61. The summed E-state index contributed by atoms with van der Waals surface area (Å²) in [4.78, 5) is 26.3. The van der Waals surface area contributed by atoms with Crippen LogP contribution in [0.4, 0.5) is 0 Å². The lowest BCUT2D eigenvalue weighted by Gasteiger charge is -2.00. The van der Waals surface area contributed by atoms with Crippen molar-refractivity contribution in [1.82, 2.24) is 40.1 Å². The van der Waals surface area contributed by atoms with Crippen molar-refractivity contribution in [3.05, 3.63) is 60.8 Å². The predicted octanol–water partition coefficient (Wildman–Crippen LogP) is 4.08. The van der Waals surface area contributed by atoms with E-state index in [4.69, 9.17) is 0 Å². The first-order chi connectivity index (χ1) is 14.4. The van der Waals surface area contributed by atoms with Crippen molar-refractivity contribution >= 4 is 33.4 Å². The fourth-order valence-electron chi connectivity index (χ4n) is 3.35. The van der Waals surface area contributed by atoms with Crippen molar-refractivity contribution in [3.8, 4) is 33.2 Å². The van der Waals surface area contributed by atoms with Gasteiger partial charge in [-0.1, -0.05) is 6.07 Å². The Morgan fingerprint density at radius 2 is 1.93 bits per heavy atom. The van der Waals surface area contributed by atoms with Crippen LogP contribution in [0.25, 0.3) is 55.3 Å². The molecule has 0 aromatic carbocycles. The summed E-state index contributed by atoms with van der Waals surface area (Å²) < 4.78 is 0. The molecular formula is C20H12N8S. The van der Waals surface area contributed by atoms with Gasteiger partial charge in [-0.15, -0.1) is 11.3 Å². The van der Waals surface area contributed by atoms with Crippen molar-refractivity contribution < 1.29 is 0 Å². The van der Waals surface area contributed by atoms with Gasteiger partial charge in [-0.3, -0.25) is 10.1 Å². The van der Waals surface area contributed by atoms with Gasteiger partial charge in [0.2, 0.25) is 0 Å². The van der Waals surface area contributed by atoms with Crippen LogP contribution in [0, 0.1) is 0 Å². The van der Waals surface area contributed by atoms with E-state index in [2.05, 4.69) is 51.5 Å². The van der Waals surface area contributed by atoms with Gasteiger partial charge in [-0.25, -0.2) is 19.9 Å². The van der Waals surface area contributed by atoms with Gasteiger partial charge in [0, 0.05) is 40.0 Å². The van der Waals surface area contributed by atoms with E-state index in [0.29, 0.717) is 11.5 Å². The van der Waals surface area contributed by atoms with E-state index in [9.17, 15) is 0 Å². The molecule has 8 nitrogen and oxygen atoms in total. The topological polar surface area (TPSA) is 109 Å². The Kier molecular flexibility index (Phi) is 3.47. The summed E-state index contributed by atoms with van der Waals surface area (Å²) in [5.74, 6) is 0.657. The molecule has 2 N–H and O–H groups in total. The van der Waals surface area contributed by atoms with E-state index in [0.717, 1.165) is 43.8 Å². The van der Waals surface area contributed by atoms with E-state index in [1.807, 2.05) is 18.2 Å². The molecule has 9 heteroatoms. The number of nitrogens with one attached hydrogen (secondary N) is 2. The number of imidazole rings is 1. The van der Waals surface area contributed by atoms with Crippen molar-refractivity contribution in [2.24, 2.45) is 0 Å². The molecule has 0 radical (unpaired) electrons. The maximum absolute atomic E-state index is 4.69. The first-order valence-electron chi connectivity index (χ1n) is 8.85. The molecule has 0 fully saturated rings. The van der Waals surface area contributed by atoms with E-state index >= 15 is 0 Å². The number of aromatic nitrogens is 8. The number of pyridine rings is 2. The fourth-order valence-corrected chi connectivity index (χ4v) is 4.10. The quantitative estimate of drug-likeness (QED) is 0.466. The maximum atomic E-state index is 4.69. The molecular weight excluding hydrogens is 384 g/mol. The van der Waals surface area contributed by atoms with Crippen LogP contribution in [0.1, 0.15) is 0 Å². The summed E-state index contributed by atoms with van der Waals surface area (Å²) in [5, 5.41) is 10.5. The lowest BCUT2D eigenvalue weighted by atomic mass is 10.1. The molecule has 0 saturated heterocycles. The standard InChI is InChI=1S/C20H12N8S/c1-2-16(29-5-1)12-3-4-23-19-17(12)25-20(26-19)18-13-6-14(11-7-21-10-22-8-11)24-9-15(13)27-28-18/h1-10H,(H,27,28)(H,23,25,26). The second-order valence-corrected chi connectivity index (χ2v) is 7.38. The first-order valence-corrected chi connectivity index (χ1v) is 9.73. The maximum Gasteiger partial charge on any atom is 0.178 e. The van der Waals surface area contributed by atoms with Crippen molar-refractivity contribution in [2.45, 2.75) is 0 Å². The Hall–Kier alpha value is -3.98. The highest BCUT2D eigenvalue weighted by atomic mass is 32.1. The van der Waals surface area contributed by atoms with Crippen LogP contribution in [0.3, 0.4) is 0 Å². The molecule has 0 unspecified atom stereocenters. The third-order valence-electron chi connectivity index (χ3n) is 4.71. The minimum Gasteiger partial charge on any atom is -0.335 e. The van der Waals surface area contributed by atoms with Crippen molar-refractivity contribution in [1.29, 1.82) is 0 Å². The van der Waals surface area contributed by atoms with E-state index < -0.39 is 0 Å². The molecule has 0 bridgehead atoms. The Bertz CT molecular complexity index is 1450. The van der Waals surface area contributed by atoms with E-state index in [1.165, 1.54) is 6.33 Å². The van der Waals surface area contributed by atoms with Crippen LogP contribution in [0.5, 0.6) is 0 Å². The zero-order valence-electron chi connectivity index (χ0n) is 14.9. The highest BCUT2D eigenvalue weighted by Gasteiger charge is 2.17.